The summed E-state index contributed by atoms with van der Waals surface area (Å²) in [5.74, 6) is 0.332. The minimum Gasteiger partial charge on any atom is -0.426 e. The molecule has 1 aliphatic rings. The molecule has 0 spiro atoms. The molecule has 2 aromatic rings. The molecule has 1 amide bonds. The molecule has 41 heavy (non-hydrogen) atoms. The van der Waals surface area contributed by atoms with Gasteiger partial charge in [0.15, 0.2) is 0 Å². The summed E-state index contributed by atoms with van der Waals surface area (Å²) >= 11 is 1.60. The average Bonchev–Trinajstić information content (AvgIpc) is 3.24. The molecule has 2 aromatic carbocycles. The predicted molar refractivity (Wildman–Crippen MR) is 165 cm³/mol. The van der Waals surface area contributed by atoms with E-state index in [9.17, 15) is 24.9 Å². The number of ether oxygens (including phenoxy) is 1. The van der Waals surface area contributed by atoms with Crippen molar-refractivity contribution < 1.29 is 29.6 Å². The van der Waals surface area contributed by atoms with Crippen LogP contribution in [0.5, 0.6) is 5.75 Å². The van der Waals surface area contributed by atoms with Gasteiger partial charge in [0.1, 0.15) is 5.75 Å². The van der Waals surface area contributed by atoms with Gasteiger partial charge in [-0.05, 0) is 61.6 Å². The summed E-state index contributed by atoms with van der Waals surface area (Å²) in [5, 5.41) is 34.1. The molecule has 1 aliphatic carbocycles. The predicted octanol–water partition coefficient (Wildman–Crippen LogP) is 6.22. The maximum atomic E-state index is 12.6. The summed E-state index contributed by atoms with van der Waals surface area (Å²) in [6.07, 6.45) is 7.31. The standard InChI is InChI=1S/C33H47NO6S/c1-3-4-7-15-26(35)22-41-31-28(29(36)21-30(31)37)16-11-5-8-12-23(2)33(39)40-27-19-17-25(18-20-27)34-32(38)24-13-9-6-10-14-24/h6,9-10,13-14,17-20,23,26,28-31,35-37H,3-5,7-8,11-12,15-16,21-22H2,1-2H3,(H,34,38)/t23?,26?,28-,29?,30+,31+/m0/s1. The third kappa shape index (κ3) is 11.1. The number of thioether (sulfide) groups is 1. The fourth-order valence-corrected chi connectivity index (χ4v) is 6.84. The Morgan fingerprint density at radius 2 is 1.66 bits per heavy atom. The smallest absolute Gasteiger partial charge is 0.314 e. The summed E-state index contributed by atoms with van der Waals surface area (Å²) in [6.45, 7) is 4.01. The first-order valence-corrected chi connectivity index (χ1v) is 16.2. The molecule has 1 fully saturated rings. The average molecular weight is 586 g/mol. The topological polar surface area (TPSA) is 116 Å². The number of hydrogen-bond donors (Lipinski definition) is 4. The molecule has 0 bridgehead atoms. The van der Waals surface area contributed by atoms with Crippen LogP contribution in [0, 0.1) is 11.8 Å². The number of hydrogen-bond acceptors (Lipinski definition) is 7. The second kappa shape index (κ2) is 17.5. The second-order valence-electron chi connectivity index (χ2n) is 11.3. The van der Waals surface area contributed by atoms with Crippen molar-refractivity contribution in [2.24, 2.45) is 11.8 Å². The normalized spacial score (nSPS) is 21.8. The van der Waals surface area contributed by atoms with Gasteiger partial charge in [-0.3, -0.25) is 9.59 Å². The van der Waals surface area contributed by atoms with Crippen LogP contribution in [-0.4, -0.2) is 56.5 Å². The van der Waals surface area contributed by atoms with Crippen LogP contribution in [-0.2, 0) is 4.79 Å². The van der Waals surface area contributed by atoms with E-state index in [1.54, 1.807) is 48.2 Å². The van der Waals surface area contributed by atoms with Crippen LogP contribution in [0.25, 0.3) is 0 Å². The fraction of sp³-hybridized carbons (Fsp3) is 0.576. The number of benzene rings is 2. The lowest BCUT2D eigenvalue weighted by Gasteiger charge is -2.24. The number of anilines is 1. The van der Waals surface area contributed by atoms with E-state index in [2.05, 4.69) is 12.2 Å². The van der Waals surface area contributed by atoms with Gasteiger partial charge in [0, 0.05) is 28.7 Å². The molecule has 0 aromatic heterocycles. The van der Waals surface area contributed by atoms with Crippen molar-refractivity contribution in [3.63, 3.8) is 0 Å². The number of carbonyl (C=O) groups is 2. The lowest BCUT2D eigenvalue weighted by atomic mass is 9.95. The number of esters is 1. The zero-order chi connectivity index (χ0) is 29.6. The first-order valence-electron chi connectivity index (χ1n) is 15.1. The fourth-order valence-electron chi connectivity index (χ4n) is 5.33. The van der Waals surface area contributed by atoms with E-state index < -0.39 is 12.2 Å². The highest BCUT2D eigenvalue weighted by Crippen LogP contribution is 2.39. The Bertz CT molecular complexity index is 1050. The van der Waals surface area contributed by atoms with E-state index in [4.69, 9.17) is 4.74 Å². The summed E-state index contributed by atoms with van der Waals surface area (Å²) < 4.78 is 5.54. The molecular formula is C33H47NO6S. The highest BCUT2D eigenvalue weighted by atomic mass is 32.2. The zero-order valence-electron chi connectivity index (χ0n) is 24.4. The van der Waals surface area contributed by atoms with E-state index in [0.717, 1.165) is 51.4 Å². The molecule has 3 rings (SSSR count). The number of rotatable bonds is 17. The van der Waals surface area contributed by atoms with E-state index in [-0.39, 0.29) is 35.1 Å². The van der Waals surface area contributed by atoms with Crippen molar-refractivity contribution in [3.8, 4) is 5.75 Å². The maximum absolute atomic E-state index is 12.6. The molecule has 0 saturated heterocycles. The molecule has 7 nitrogen and oxygen atoms in total. The van der Waals surface area contributed by atoms with Crippen LogP contribution >= 0.6 is 11.8 Å². The first-order chi connectivity index (χ1) is 19.8. The van der Waals surface area contributed by atoms with Crippen LogP contribution < -0.4 is 10.1 Å². The van der Waals surface area contributed by atoms with Crippen LogP contribution in [0.3, 0.4) is 0 Å². The van der Waals surface area contributed by atoms with Crippen LogP contribution in [0.1, 0.15) is 88.4 Å². The second-order valence-corrected chi connectivity index (χ2v) is 12.5. The first kappa shape index (κ1) is 33.1. The lowest BCUT2D eigenvalue weighted by molar-refractivity contribution is -0.138. The number of aliphatic hydroxyl groups is 3. The Morgan fingerprint density at radius 3 is 2.37 bits per heavy atom. The Morgan fingerprint density at radius 1 is 0.951 bits per heavy atom. The number of amides is 1. The Balaban J connectivity index is 1.34. The number of carbonyl (C=O) groups excluding carboxylic acids is 2. The van der Waals surface area contributed by atoms with Gasteiger partial charge in [0.05, 0.1) is 24.2 Å². The van der Waals surface area contributed by atoms with Crippen LogP contribution in [0.15, 0.2) is 54.6 Å². The molecule has 1 saturated carbocycles. The van der Waals surface area contributed by atoms with Gasteiger partial charge in [-0.25, -0.2) is 0 Å². The van der Waals surface area contributed by atoms with Gasteiger partial charge in [0.25, 0.3) is 5.91 Å². The van der Waals surface area contributed by atoms with Crippen LogP contribution in [0.4, 0.5) is 5.69 Å². The van der Waals surface area contributed by atoms with Gasteiger partial charge in [-0.15, -0.1) is 0 Å². The van der Waals surface area contributed by atoms with Gasteiger partial charge in [0.2, 0.25) is 0 Å². The van der Waals surface area contributed by atoms with Crippen LogP contribution in [0.2, 0.25) is 0 Å². The van der Waals surface area contributed by atoms with Crippen molar-refractivity contribution in [3.05, 3.63) is 60.2 Å². The third-order valence-electron chi connectivity index (χ3n) is 7.84. The van der Waals surface area contributed by atoms with E-state index >= 15 is 0 Å². The van der Waals surface area contributed by atoms with E-state index in [1.165, 1.54) is 0 Å². The van der Waals surface area contributed by atoms with Gasteiger partial charge in [-0.2, -0.15) is 11.8 Å². The summed E-state index contributed by atoms with van der Waals surface area (Å²) in [5.41, 5.74) is 1.19. The highest BCUT2D eigenvalue weighted by Gasteiger charge is 2.41. The Kier molecular flexibility index (Phi) is 14.2. The monoisotopic (exact) mass is 585 g/mol. The largest absolute Gasteiger partial charge is 0.426 e. The van der Waals surface area contributed by atoms with Crippen molar-refractivity contribution >= 4 is 29.3 Å². The molecular weight excluding hydrogens is 538 g/mol. The van der Waals surface area contributed by atoms with Crippen molar-refractivity contribution in [1.29, 1.82) is 0 Å². The highest BCUT2D eigenvalue weighted by molar-refractivity contribution is 8.00. The van der Waals surface area contributed by atoms with Gasteiger partial charge in [-0.1, -0.05) is 70.6 Å². The van der Waals surface area contributed by atoms with Gasteiger partial charge < -0.3 is 25.4 Å². The molecule has 0 aliphatic heterocycles. The molecule has 8 heteroatoms. The van der Waals surface area contributed by atoms with E-state index in [0.29, 0.717) is 35.6 Å². The van der Waals surface area contributed by atoms with Crippen molar-refractivity contribution in [2.45, 2.75) is 102 Å². The molecule has 4 N–H and O–H groups in total. The maximum Gasteiger partial charge on any atom is 0.314 e. The SMILES string of the molecule is CCCCCC(O)CS[C@H]1[C@H](O)CC(O)[C@@H]1CCCCCC(C)C(=O)Oc1ccc(NC(=O)c2ccccc2)cc1. The minimum atomic E-state index is -0.535. The summed E-state index contributed by atoms with van der Waals surface area (Å²) in [6, 6.07) is 15.7. The lowest BCUT2D eigenvalue weighted by Crippen LogP contribution is -2.27. The zero-order valence-corrected chi connectivity index (χ0v) is 25.2. The number of nitrogens with one attached hydrogen (secondary N) is 1. The molecule has 6 atom stereocenters. The molecule has 0 radical (unpaired) electrons. The van der Waals surface area contributed by atoms with Gasteiger partial charge >= 0.3 is 5.97 Å². The summed E-state index contributed by atoms with van der Waals surface area (Å²) in [4.78, 5) is 24.9. The number of unbranched alkanes of at least 4 members (excludes halogenated alkanes) is 4. The summed E-state index contributed by atoms with van der Waals surface area (Å²) in [7, 11) is 0. The Hall–Kier alpha value is -2.39. The third-order valence-corrected chi connectivity index (χ3v) is 9.47. The van der Waals surface area contributed by atoms with Crippen molar-refractivity contribution in [1.82, 2.24) is 0 Å². The van der Waals surface area contributed by atoms with Crippen molar-refractivity contribution in [2.75, 3.05) is 11.1 Å². The molecule has 3 unspecified atom stereocenters. The Labute approximate surface area is 249 Å². The molecule has 0 heterocycles. The number of aliphatic hydroxyl groups excluding tert-OH is 3. The minimum absolute atomic E-state index is 0.0284. The molecule has 226 valence electrons. The quantitative estimate of drug-likeness (QED) is 0.0990. The van der Waals surface area contributed by atoms with E-state index in [1.807, 2.05) is 25.1 Å².